The average Bonchev–Trinajstić information content (AvgIpc) is 3.13. The number of esters is 1. The fraction of sp³-hybridized carbons (Fsp3) is 0.154. The van der Waals surface area contributed by atoms with Crippen molar-refractivity contribution < 1.29 is 19.0 Å². The van der Waals surface area contributed by atoms with E-state index in [0.29, 0.717) is 30.6 Å². The number of fused-ring (bicyclic) bond motifs is 1. The molecular formula is C26H22INO4. The molecule has 3 aromatic rings. The van der Waals surface area contributed by atoms with Crippen molar-refractivity contribution in [2.45, 2.75) is 13.8 Å². The van der Waals surface area contributed by atoms with Crippen molar-refractivity contribution in [2.75, 3.05) is 13.2 Å². The van der Waals surface area contributed by atoms with Gasteiger partial charge in [0.2, 0.25) is 5.90 Å². The van der Waals surface area contributed by atoms with Crippen LogP contribution in [0.4, 0.5) is 0 Å². The third kappa shape index (κ3) is 4.85. The Labute approximate surface area is 200 Å². The zero-order valence-corrected chi connectivity index (χ0v) is 20.0. The molecule has 3 aromatic carbocycles. The van der Waals surface area contributed by atoms with Gasteiger partial charge in [-0.2, -0.15) is 0 Å². The Morgan fingerprint density at radius 2 is 1.91 bits per heavy atom. The summed E-state index contributed by atoms with van der Waals surface area (Å²) in [6.45, 7) is 8.59. The zero-order valence-electron chi connectivity index (χ0n) is 17.9. The number of carbonyl (C=O) groups excluding carboxylic acids is 1. The van der Waals surface area contributed by atoms with E-state index in [4.69, 9.17) is 14.2 Å². The van der Waals surface area contributed by atoms with Gasteiger partial charge in [-0.25, -0.2) is 9.79 Å². The number of hydrogen-bond acceptors (Lipinski definition) is 5. The van der Waals surface area contributed by atoms with Gasteiger partial charge in [0.05, 0.1) is 10.2 Å². The van der Waals surface area contributed by atoms with Crippen LogP contribution in [0.1, 0.15) is 25.0 Å². The molecule has 1 heterocycles. The fourth-order valence-corrected chi connectivity index (χ4v) is 4.06. The molecule has 0 aliphatic carbocycles. The second-order valence-electron chi connectivity index (χ2n) is 7.41. The predicted molar refractivity (Wildman–Crippen MR) is 135 cm³/mol. The van der Waals surface area contributed by atoms with Crippen LogP contribution in [0.2, 0.25) is 0 Å². The van der Waals surface area contributed by atoms with Crippen LogP contribution >= 0.6 is 22.6 Å². The average molecular weight is 539 g/mol. The highest BCUT2D eigenvalue weighted by atomic mass is 127. The van der Waals surface area contributed by atoms with Gasteiger partial charge in [0.15, 0.2) is 17.2 Å². The minimum absolute atomic E-state index is 0.238. The Balaban J connectivity index is 1.66. The summed E-state index contributed by atoms with van der Waals surface area (Å²) in [7, 11) is 0. The number of aliphatic imine (C=N–C) groups is 1. The molecule has 162 valence electrons. The van der Waals surface area contributed by atoms with E-state index in [1.54, 1.807) is 6.08 Å². The Hall–Kier alpha value is -3.13. The fourth-order valence-electron chi connectivity index (χ4n) is 3.28. The van der Waals surface area contributed by atoms with Crippen molar-refractivity contribution in [3.63, 3.8) is 0 Å². The van der Waals surface area contributed by atoms with Gasteiger partial charge in [0.1, 0.15) is 6.61 Å². The van der Waals surface area contributed by atoms with E-state index in [1.165, 1.54) is 0 Å². The van der Waals surface area contributed by atoms with Crippen LogP contribution < -0.4 is 9.47 Å². The molecule has 32 heavy (non-hydrogen) atoms. The molecule has 0 unspecified atom stereocenters. The number of rotatable bonds is 7. The molecule has 0 fully saturated rings. The third-order valence-electron chi connectivity index (χ3n) is 4.71. The number of ether oxygens (including phenoxy) is 3. The van der Waals surface area contributed by atoms with Crippen LogP contribution in [0.5, 0.6) is 11.5 Å². The van der Waals surface area contributed by atoms with Gasteiger partial charge in [-0.05, 0) is 88.7 Å². The number of nitrogens with zero attached hydrogens (tertiary/aromatic N) is 1. The number of carbonyl (C=O) groups is 1. The van der Waals surface area contributed by atoms with Gasteiger partial charge in [-0.1, -0.05) is 36.9 Å². The van der Waals surface area contributed by atoms with Gasteiger partial charge >= 0.3 is 5.97 Å². The lowest BCUT2D eigenvalue weighted by Gasteiger charge is -2.14. The van der Waals surface area contributed by atoms with Crippen molar-refractivity contribution in [1.82, 2.24) is 0 Å². The SMILES string of the molecule is C=C(C)COc1c(I)cc(/C=C2\N=C(c3ccc4ccccc4c3)OC2=O)cc1OCC. The van der Waals surface area contributed by atoms with Crippen LogP contribution in [0.3, 0.4) is 0 Å². The maximum absolute atomic E-state index is 12.5. The number of cyclic esters (lactones) is 1. The molecule has 0 saturated heterocycles. The monoisotopic (exact) mass is 539 g/mol. The van der Waals surface area contributed by atoms with Gasteiger partial charge in [0, 0.05) is 5.56 Å². The molecular weight excluding hydrogens is 517 g/mol. The van der Waals surface area contributed by atoms with Crippen molar-refractivity contribution in [2.24, 2.45) is 4.99 Å². The van der Waals surface area contributed by atoms with E-state index in [1.807, 2.05) is 68.4 Å². The van der Waals surface area contributed by atoms with E-state index < -0.39 is 5.97 Å². The summed E-state index contributed by atoms with van der Waals surface area (Å²) in [5, 5.41) is 2.17. The first-order chi connectivity index (χ1) is 15.4. The van der Waals surface area contributed by atoms with Crippen LogP contribution in [0.25, 0.3) is 16.8 Å². The molecule has 0 aromatic heterocycles. The summed E-state index contributed by atoms with van der Waals surface area (Å²) in [5.41, 5.74) is 2.69. The second kappa shape index (κ2) is 9.56. The number of halogens is 1. The van der Waals surface area contributed by atoms with Crippen LogP contribution in [0.15, 0.2) is 77.4 Å². The van der Waals surface area contributed by atoms with E-state index in [9.17, 15) is 4.79 Å². The van der Waals surface area contributed by atoms with Crippen LogP contribution in [-0.4, -0.2) is 25.1 Å². The second-order valence-corrected chi connectivity index (χ2v) is 8.57. The lowest BCUT2D eigenvalue weighted by molar-refractivity contribution is -0.129. The first kappa shape index (κ1) is 22.1. The minimum Gasteiger partial charge on any atom is -0.490 e. The largest absolute Gasteiger partial charge is 0.490 e. The normalized spacial score (nSPS) is 14.4. The third-order valence-corrected chi connectivity index (χ3v) is 5.52. The highest BCUT2D eigenvalue weighted by molar-refractivity contribution is 14.1. The summed E-state index contributed by atoms with van der Waals surface area (Å²) < 4.78 is 18.0. The zero-order chi connectivity index (χ0) is 22.7. The van der Waals surface area contributed by atoms with E-state index >= 15 is 0 Å². The first-order valence-electron chi connectivity index (χ1n) is 10.2. The molecule has 4 rings (SSSR count). The van der Waals surface area contributed by atoms with Crippen molar-refractivity contribution in [1.29, 1.82) is 0 Å². The van der Waals surface area contributed by atoms with Crippen molar-refractivity contribution in [3.05, 3.63) is 87.1 Å². The Morgan fingerprint density at radius 1 is 1.12 bits per heavy atom. The summed E-state index contributed by atoms with van der Waals surface area (Å²) in [6.07, 6.45) is 1.70. The number of hydrogen-bond donors (Lipinski definition) is 0. The topological polar surface area (TPSA) is 57.1 Å². The molecule has 0 radical (unpaired) electrons. The van der Waals surface area contributed by atoms with Gasteiger partial charge in [0.25, 0.3) is 0 Å². The van der Waals surface area contributed by atoms with Crippen molar-refractivity contribution in [3.8, 4) is 11.5 Å². The minimum atomic E-state index is -0.483. The van der Waals surface area contributed by atoms with Gasteiger partial charge in [-0.3, -0.25) is 0 Å². The summed E-state index contributed by atoms with van der Waals surface area (Å²) in [6, 6.07) is 17.6. The van der Waals surface area contributed by atoms with Crippen molar-refractivity contribution >= 4 is 51.3 Å². The Kier molecular flexibility index (Phi) is 6.60. The van der Waals surface area contributed by atoms with E-state index in [-0.39, 0.29) is 5.70 Å². The van der Waals surface area contributed by atoms with Gasteiger partial charge < -0.3 is 14.2 Å². The van der Waals surface area contributed by atoms with Crippen LogP contribution in [0, 0.1) is 3.57 Å². The molecule has 0 bridgehead atoms. The highest BCUT2D eigenvalue weighted by Crippen LogP contribution is 2.35. The molecule has 0 atom stereocenters. The molecule has 5 nitrogen and oxygen atoms in total. The Morgan fingerprint density at radius 3 is 2.66 bits per heavy atom. The standard InChI is InChI=1S/C26H22INO4/c1-4-30-23-13-17(11-21(27)24(23)31-15-16(2)3)12-22-26(29)32-25(28-22)20-10-9-18-7-5-6-8-19(18)14-20/h5-14H,2,4,15H2,1,3H3/b22-12-. The summed E-state index contributed by atoms with van der Waals surface area (Å²) >= 11 is 2.20. The van der Waals surface area contributed by atoms with Gasteiger partial charge in [-0.15, -0.1) is 0 Å². The lowest BCUT2D eigenvalue weighted by atomic mass is 10.1. The predicted octanol–water partition coefficient (Wildman–Crippen LogP) is 6.14. The molecule has 6 heteroatoms. The lowest BCUT2D eigenvalue weighted by Crippen LogP contribution is -2.05. The van der Waals surface area contributed by atoms with E-state index in [0.717, 1.165) is 31.0 Å². The highest BCUT2D eigenvalue weighted by Gasteiger charge is 2.24. The molecule has 0 amide bonds. The first-order valence-corrected chi connectivity index (χ1v) is 11.3. The maximum Gasteiger partial charge on any atom is 0.363 e. The van der Waals surface area contributed by atoms with E-state index in [2.05, 4.69) is 34.2 Å². The maximum atomic E-state index is 12.5. The molecule has 0 N–H and O–H groups in total. The Bertz CT molecular complexity index is 1280. The smallest absolute Gasteiger partial charge is 0.363 e. The summed E-state index contributed by atoms with van der Waals surface area (Å²) in [4.78, 5) is 16.9. The molecule has 1 aliphatic rings. The molecule has 0 spiro atoms. The number of benzene rings is 3. The quantitative estimate of drug-likeness (QED) is 0.157. The molecule has 0 saturated carbocycles. The molecule has 1 aliphatic heterocycles. The summed E-state index contributed by atoms with van der Waals surface area (Å²) in [5.74, 6) is 1.08. The van der Waals surface area contributed by atoms with Crippen LogP contribution in [-0.2, 0) is 9.53 Å².